The first-order valence-electron chi connectivity index (χ1n) is 4.91. The molecule has 1 aromatic carbocycles. The minimum atomic E-state index is -0.810. The lowest BCUT2D eigenvalue weighted by Gasteiger charge is -2.17. The van der Waals surface area contributed by atoms with Crippen LogP contribution in [-0.4, -0.2) is 20.6 Å². The van der Waals surface area contributed by atoms with E-state index in [2.05, 4.69) is 0 Å². The van der Waals surface area contributed by atoms with E-state index in [4.69, 9.17) is 5.73 Å². The molecule has 2 nitrogen and oxygen atoms in total. The zero-order chi connectivity index (χ0) is 11.4. The number of hydrogen-bond donors (Lipinski definition) is 1. The van der Waals surface area contributed by atoms with Crippen LogP contribution in [0.5, 0.6) is 0 Å². The third-order valence-corrected chi connectivity index (χ3v) is 2.25. The lowest BCUT2D eigenvalue weighted by Crippen LogP contribution is -2.13. The van der Waals surface area contributed by atoms with E-state index in [9.17, 15) is 8.78 Å². The second-order valence-electron chi connectivity index (χ2n) is 3.68. The monoisotopic (exact) mass is 214 g/mol. The summed E-state index contributed by atoms with van der Waals surface area (Å²) in [5.74, 6) is -1.61. The van der Waals surface area contributed by atoms with Gasteiger partial charge in [-0.05, 0) is 31.0 Å². The predicted molar refractivity (Wildman–Crippen MR) is 58.1 cm³/mol. The van der Waals surface area contributed by atoms with Gasteiger partial charge in [0.2, 0.25) is 0 Å². The Balaban J connectivity index is 3.04. The van der Waals surface area contributed by atoms with Gasteiger partial charge < -0.3 is 10.6 Å². The van der Waals surface area contributed by atoms with E-state index in [0.29, 0.717) is 18.7 Å². The highest BCUT2D eigenvalue weighted by Crippen LogP contribution is 2.23. The number of aryl methyl sites for hydroxylation is 1. The Labute approximate surface area is 88.7 Å². The lowest BCUT2D eigenvalue weighted by molar-refractivity contribution is 0.507. The van der Waals surface area contributed by atoms with Gasteiger partial charge in [-0.1, -0.05) is 0 Å². The van der Waals surface area contributed by atoms with Crippen molar-refractivity contribution in [1.82, 2.24) is 0 Å². The lowest BCUT2D eigenvalue weighted by atomic mass is 10.1. The smallest absolute Gasteiger partial charge is 0.160 e. The molecule has 4 heteroatoms. The second-order valence-corrected chi connectivity index (χ2v) is 3.68. The molecular weight excluding hydrogens is 198 g/mol. The largest absolute Gasteiger partial charge is 0.377 e. The average molecular weight is 214 g/mol. The minimum Gasteiger partial charge on any atom is -0.377 e. The molecule has 84 valence electrons. The van der Waals surface area contributed by atoms with Crippen molar-refractivity contribution < 1.29 is 8.78 Å². The Kier molecular flexibility index (Phi) is 4.03. The average Bonchev–Trinajstić information content (AvgIpc) is 2.19. The zero-order valence-corrected chi connectivity index (χ0v) is 9.06. The molecule has 0 amide bonds. The summed E-state index contributed by atoms with van der Waals surface area (Å²) in [6.07, 6.45) is 1.44. The molecule has 0 radical (unpaired) electrons. The summed E-state index contributed by atoms with van der Waals surface area (Å²) < 4.78 is 26.0. The van der Waals surface area contributed by atoms with Crippen molar-refractivity contribution in [2.24, 2.45) is 5.73 Å². The summed E-state index contributed by atoms with van der Waals surface area (Å²) >= 11 is 0. The first-order chi connectivity index (χ1) is 7.06. The van der Waals surface area contributed by atoms with Crippen LogP contribution in [0.4, 0.5) is 14.5 Å². The summed E-state index contributed by atoms with van der Waals surface area (Å²) in [6, 6.07) is 2.47. The van der Waals surface area contributed by atoms with Crippen molar-refractivity contribution in [3.8, 4) is 0 Å². The number of nitrogens with zero attached hydrogens (tertiary/aromatic N) is 1. The zero-order valence-electron chi connectivity index (χ0n) is 9.06. The van der Waals surface area contributed by atoms with Crippen LogP contribution in [0.1, 0.15) is 12.0 Å². The maximum atomic E-state index is 13.0. The number of anilines is 1. The minimum absolute atomic E-state index is 0.547. The van der Waals surface area contributed by atoms with Crippen molar-refractivity contribution in [3.05, 3.63) is 29.3 Å². The van der Waals surface area contributed by atoms with Gasteiger partial charge in [0.15, 0.2) is 11.6 Å². The molecule has 0 unspecified atom stereocenters. The maximum Gasteiger partial charge on any atom is 0.160 e. The second kappa shape index (κ2) is 5.07. The Hall–Kier alpha value is -1.16. The van der Waals surface area contributed by atoms with E-state index in [1.807, 2.05) is 0 Å². The van der Waals surface area contributed by atoms with Gasteiger partial charge in [0.1, 0.15) is 0 Å². The maximum absolute atomic E-state index is 13.0. The molecule has 0 atom stereocenters. The highest BCUT2D eigenvalue weighted by molar-refractivity contribution is 5.53. The Morgan fingerprint density at radius 1 is 1.20 bits per heavy atom. The Bertz CT molecular complexity index is 338. The van der Waals surface area contributed by atoms with E-state index in [1.54, 1.807) is 19.0 Å². The van der Waals surface area contributed by atoms with Crippen LogP contribution in [0.3, 0.4) is 0 Å². The van der Waals surface area contributed by atoms with Gasteiger partial charge in [-0.3, -0.25) is 0 Å². The van der Waals surface area contributed by atoms with Crippen LogP contribution < -0.4 is 10.6 Å². The molecule has 0 heterocycles. The SMILES string of the molecule is CN(C)c1cc(F)c(F)cc1CCCN. The topological polar surface area (TPSA) is 29.3 Å². The molecule has 0 spiro atoms. The van der Waals surface area contributed by atoms with E-state index in [1.165, 1.54) is 12.1 Å². The van der Waals surface area contributed by atoms with Gasteiger partial charge in [0.05, 0.1) is 0 Å². The van der Waals surface area contributed by atoms with Gasteiger partial charge in [0.25, 0.3) is 0 Å². The van der Waals surface area contributed by atoms with E-state index in [0.717, 1.165) is 12.0 Å². The van der Waals surface area contributed by atoms with Gasteiger partial charge >= 0.3 is 0 Å². The predicted octanol–water partition coefficient (Wildman–Crippen LogP) is 1.92. The van der Waals surface area contributed by atoms with E-state index >= 15 is 0 Å². The highest BCUT2D eigenvalue weighted by atomic mass is 19.2. The van der Waals surface area contributed by atoms with Crippen LogP contribution >= 0.6 is 0 Å². The molecular formula is C11H16F2N2. The normalized spacial score (nSPS) is 10.5. The third kappa shape index (κ3) is 2.89. The molecule has 1 rings (SSSR count). The number of benzene rings is 1. The van der Waals surface area contributed by atoms with Crippen LogP contribution in [0.15, 0.2) is 12.1 Å². The van der Waals surface area contributed by atoms with Crippen molar-refractivity contribution in [3.63, 3.8) is 0 Å². The van der Waals surface area contributed by atoms with Crippen molar-refractivity contribution >= 4 is 5.69 Å². The molecule has 0 aliphatic carbocycles. The molecule has 0 aromatic heterocycles. The summed E-state index contributed by atoms with van der Waals surface area (Å²) in [7, 11) is 3.61. The number of nitrogens with two attached hydrogens (primary N) is 1. The van der Waals surface area contributed by atoms with Crippen LogP contribution in [-0.2, 0) is 6.42 Å². The van der Waals surface area contributed by atoms with Gasteiger partial charge in [0, 0.05) is 25.8 Å². The molecule has 0 aliphatic heterocycles. The molecule has 0 fully saturated rings. The molecule has 2 N–H and O–H groups in total. The molecule has 15 heavy (non-hydrogen) atoms. The van der Waals surface area contributed by atoms with Gasteiger partial charge in [-0.2, -0.15) is 0 Å². The van der Waals surface area contributed by atoms with Crippen molar-refractivity contribution in [2.75, 3.05) is 25.5 Å². The Morgan fingerprint density at radius 3 is 2.33 bits per heavy atom. The van der Waals surface area contributed by atoms with Crippen molar-refractivity contribution in [1.29, 1.82) is 0 Å². The van der Waals surface area contributed by atoms with Gasteiger partial charge in [-0.15, -0.1) is 0 Å². The fourth-order valence-corrected chi connectivity index (χ4v) is 1.49. The standard InChI is InChI=1S/C11H16F2N2/c1-15(2)11-7-10(13)9(12)6-8(11)4-3-5-14/h6-7H,3-5,14H2,1-2H3. The molecule has 0 bridgehead atoms. The molecule has 0 saturated carbocycles. The quantitative estimate of drug-likeness (QED) is 0.829. The van der Waals surface area contributed by atoms with Crippen molar-refractivity contribution in [2.45, 2.75) is 12.8 Å². The van der Waals surface area contributed by atoms with Crippen LogP contribution in [0, 0.1) is 11.6 Å². The number of rotatable bonds is 4. The number of halogens is 2. The molecule has 0 saturated heterocycles. The van der Waals surface area contributed by atoms with Crippen LogP contribution in [0.2, 0.25) is 0 Å². The highest BCUT2D eigenvalue weighted by Gasteiger charge is 2.10. The van der Waals surface area contributed by atoms with Gasteiger partial charge in [-0.25, -0.2) is 8.78 Å². The fraction of sp³-hybridized carbons (Fsp3) is 0.455. The third-order valence-electron chi connectivity index (χ3n) is 2.25. The summed E-state index contributed by atoms with van der Waals surface area (Å²) in [4.78, 5) is 1.77. The summed E-state index contributed by atoms with van der Waals surface area (Å²) in [6.45, 7) is 0.547. The molecule has 0 aliphatic rings. The van der Waals surface area contributed by atoms with Crippen LogP contribution in [0.25, 0.3) is 0 Å². The molecule has 1 aromatic rings. The summed E-state index contributed by atoms with van der Waals surface area (Å²) in [5, 5.41) is 0. The van der Waals surface area contributed by atoms with E-state index in [-0.39, 0.29) is 0 Å². The first kappa shape index (κ1) is 11.9. The first-order valence-corrected chi connectivity index (χ1v) is 4.91. The Morgan fingerprint density at radius 2 is 1.80 bits per heavy atom. The fourth-order valence-electron chi connectivity index (χ4n) is 1.49. The number of hydrogen-bond acceptors (Lipinski definition) is 2. The summed E-state index contributed by atoms with van der Waals surface area (Å²) in [5.41, 5.74) is 6.90. The van der Waals surface area contributed by atoms with E-state index < -0.39 is 11.6 Å².